The van der Waals surface area contributed by atoms with E-state index in [2.05, 4.69) is 12.2 Å². The molecule has 2 amide bonds. The fourth-order valence-corrected chi connectivity index (χ4v) is 2.82. The average Bonchev–Trinajstić information content (AvgIpc) is 2.45. The van der Waals surface area contributed by atoms with Crippen LogP contribution in [0.1, 0.15) is 60.3 Å². The van der Waals surface area contributed by atoms with Gasteiger partial charge < -0.3 is 16.0 Å². The minimum absolute atomic E-state index is 0.0355. The molecule has 0 spiro atoms. The van der Waals surface area contributed by atoms with Crippen molar-refractivity contribution in [1.82, 2.24) is 10.2 Å². The number of nitrogens with zero attached hydrogens (tertiary/aromatic N) is 1. The molecule has 3 atom stereocenters. The predicted molar refractivity (Wildman–Crippen MR) is 89.2 cm³/mol. The van der Waals surface area contributed by atoms with E-state index in [4.69, 9.17) is 5.73 Å². The zero-order valence-electron chi connectivity index (χ0n) is 14.8. The summed E-state index contributed by atoms with van der Waals surface area (Å²) >= 11 is 0. The number of hydrogen-bond donors (Lipinski definition) is 2. The van der Waals surface area contributed by atoms with E-state index in [1.807, 2.05) is 27.7 Å². The molecule has 1 fully saturated rings. The molecule has 5 nitrogen and oxygen atoms in total. The van der Waals surface area contributed by atoms with Crippen LogP contribution in [0.2, 0.25) is 0 Å². The monoisotopic (exact) mass is 311 g/mol. The molecule has 5 heteroatoms. The van der Waals surface area contributed by atoms with Crippen LogP contribution >= 0.6 is 0 Å². The lowest BCUT2D eigenvalue weighted by Gasteiger charge is -2.37. The molecule has 0 aromatic heterocycles. The first kappa shape index (κ1) is 18.9. The van der Waals surface area contributed by atoms with E-state index in [1.54, 1.807) is 4.90 Å². The molecule has 0 aliphatic carbocycles. The predicted octanol–water partition coefficient (Wildman–Crippen LogP) is 1.90. The van der Waals surface area contributed by atoms with Gasteiger partial charge in [0.15, 0.2) is 0 Å². The highest BCUT2D eigenvalue weighted by atomic mass is 16.2. The normalized spacial score (nSPS) is 22.1. The maximum absolute atomic E-state index is 12.5. The van der Waals surface area contributed by atoms with E-state index in [-0.39, 0.29) is 29.2 Å². The third-order valence-electron chi connectivity index (χ3n) is 4.41. The summed E-state index contributed by atoms with van der Waals surface area (Å²) in [6.07, 6.45) is 3.75. The molecular formula is C17H33N3O2. The Hall–Kier alpha value is -1.10. The van der Waals surface area contributed by atoms with Crippen LogP contribution in [0, 0.1) is 11.3 Å². The first-order valence-corrected chi connectivity index (χ1v) is 8.51. The van der Waals surface area contributed by atoms with Gasteiger partial charge in [-0.25, -0.2) is 0 Å². The Morgan fingerprint density at radius 2 is 2.00 bits per heavy atom. The number of hydrogen-bond acceptors (Lipinski definition) is 3. The van der Waals surface area contributed by atoms with Crippen LogP contribution < -0.4 is 11.1 Å². The smallest absolute Gasteiger partial charge is 0.240 e. The third kappa shape index (κ3) is 5.27. The summed E-state index contributed by atoms with van der Waals surface area (Å²) in [6.45, 7) is 11.2. The molecule has 0 bridgehead atoms. The number of nitrogens with one attached hydrogen (secondary N) is 1. The molecule has 2 unspecified atom stereocenters. The number of carbonyl (C=O) groups is 2. The number of likely N-dealkylation sites (tertiary alicyclic amines) is 1. The molecule has 1 heterocycles. The highest BCUT2D eigenvalue weighted by molar-refractivity contribution is 5.84. The van der Waals surface area contributed by atoms with E-state index in [0.29, 0.717) is 13.1 Å². The third-order valence-corrected chi connectivity index (χ3v) is 4.41. The highest BCUT2D eigenvalue weighted by Gasteiger charge is 2.35. The molecule has 1 saturated heterocycles. The van der Waals surface area contributed by atoms with Gasteiger partial charge in [0.05, 0.1) is 12.0 Å². The van der Waals surface area contributed by atoms with Gasteiger partial charge in [-0.1, -0.05) is 34.1 Å². The summed E-state index contributed by atoms with van der Waals surface area (Å²) < 4.78 is 0. The van der Waals surface area contributed by atoms with E-state index >= 15 is 0 Å². The average molecular weight is 311 g/mol. The van der Waals surface area contributed by atoms with Gasteiger partial charge in [0.1, 0.15) is 0 Å². The van der Waals surface area contributed by atoms with E-state index in [9.17, 15) is 9.59 Å². The van der Waals surface area contributed by atoms with Crippen LogP contribution in [0.5, 0.6) is 0 Å². The standard InChI is InChI=1S/C17H33N3O2/c1-6-8-12(2)19-15(21)13-9-7-10-20(11-13)16(22)14(18)17(3,4)5/h12-14H,6-11,18H2,1-5H3,(H,19,21)/t12?,13?,14-/m1/s1. The van der Waals surface area contributed by atoms with Crippen LogP contribution in [0.3, 0.4) is 0 Å². The van der Waals surface area contributed by atoms with Crippen LogP contribution in [0.25, 0.3) is 0 Å². The first-order chi connectivity index (χ1) is 10.2. The summed E-state index contributed by atoms with van der Waals surface area (Å²) in [5, 5.41) is 3.06. The Morgan fingerprint density at radius 1 is 1.36 bits per heavy atom. The van der Waals surface area contributed by atoms with Gasteiger partial charge in [-0.15, -0.1) is 0 Å². The van der Waals surface area contributed by atoms with Gasteiger partial charge in [-0.3, -0.25) is 9.59 Å². The Bertz CT molecular complexity index is 390. The molecule has 1 aliphatic heterocycles. The fraction of sp³-hybridized carbons (Fsp3) is 0.882. The van der Waals surface area contributed by atoms with Crippen molar-refractivity contribution in [3.8, 4) is 0 Å². The molecule has 0 aromatic rings. The Kier molecular flexibility index (Phi) is 6.85. The molecule has 3 N–H and O–H groups in total. The summed E-state index contributed by atoms with van der Waals surface area (Å²) in [5.41, 5.74) is 5.81. The number of nitrogens with two attached hydrogens (primary N) is 1. The van der Waals surface area contributed by atoms with Gasteiger partial charge in [0.2, 0.25) is 11.8 Å². The SMILES string of the molecule is CCCC(C)NC(=O)C1CCCN(C(=O)[C@@H](N)C(C)(C)C)C1. The van der Waals surface area contributed by atoms with Gasteiger partial charge >= 0.3 is 0 Å². The molecule has 0 radical (unpaired) electrons. The lowest BCUT2D eigenvalue weighted by Crippen LogP contribution is -2.54. The zero-order chi connectivity index (χ0) is 16.9. The van der Waals surface area contributed by atoms with E-state index < -0.39 is 6.04 Å². The zero-order valence-corrected chi connectivity index (χ0v) is 14.8. The van der Waals surface area contributed by atoms with Crippen LogP contribution in [-0.4, -0.2) is 41.9 Å². The molecule has 1 aliphatic rings. The quantitative estimate of drug-likeness (QED) is 0.814. The second-order valence-corrected chi connectivity index (χ2v) is 7.67. The van der Waals surface area contributed by atoms with Gasteiger partial charge in [0, 0.05) is 19.1 Å². The Morgan fingerprint density at radius 3 is 2.55 bits per heavy atom. The fourth-order valence-electron chi connectivity index (χ4n) is 2.82. The van der Waals surface area contributed by atoms with E-state index in [1.165, 1.54) is 0 Å². The van der Waals surface area contributed by atoms with Crippen molar-refractivity contribution in [2.24, 2.45) is 17.1 Å². The maximum Gasteiger partial charge on any atom is 0.240 e. The lowest BCUT2D eigenvalue weighted by atomic mass is 9.85. The summed E-state index contributed by atoms with van der Waals surface area (Å²) in [7, 11) is 0. The van der Waals surface area contributed by atoms with Crippen molar-refractivity contribution in [3.63, 3.8) is 0 Å². The largest absolute Gasteiger partial charge is 0.353 e. The Balaban J connectivity index is 2.61. The van der Waals surface area contributed by atoms with E-state index in [0.717, 1.165) is 25.7 Å². The number of amides is 2. The van der Waals surface area contributed by atoms with Gasteiger partial charge in [0.25, 0.3) is 0 Å². The molecular weight excluding hydrogens is 278 g/mol. The van der Waals surface area contributed by atoms with Crippen LogP contribution in [0.4, 0.5) is 0 Å². The van der Waals surface area contributed by atoms with Crippen molar-refractivity contribution in [1.29, 1.82) is 0 Å². The topological polar surface area (TPSA) is 75.4 Å². The maximum atomic E-state index is 12.5. The molecule has 22 heavy (non-hydrogen) atoms. The van der Waals surface area contributed by atoms with Crippen molar-refractivity contribution in [3.05, 3.63) is 0 Å². The van der Waals surface area contributed by atoms with Crippen molar-refractivity contribution < 1.29 is 9.59 Å². The van der Waals surface area contributed by atoms with Crippen LogP contribution in [0.15, 0.2) is 0 Å². The minimum Gasteiger partial charge on any atom is -0.353 e. The first-order valence-electron chi connectivity index (χ1n) is 8.51. The van der Waals surface area contributed by atoms with Crippen molar-refractivity contribution >= 4 is 11.8 Å². The van der Waals surface area contributed by atoms with Crippen molar-refractivity contribution in [2.75, 3.05) is 13.1 Å². The molecule has 128 valence electrons. The number of carbonyl (C=O) groups excluding carboxylic acids is 2. The van der Waals surface area contributed by atoms with Crippen molar-refractivity contribution in [2.45, 2.75) is 72.4 Å². The number of rotatable bonds is 5. The second-order valence-electron chi connectivity index (χ2n) is 7.67. The summed E-state index contributed by atoms with van der Waals surface area (Å²) in [6, 6.07) is -0.325. The van der Waals surface area contributed by atoms with Gasteiger partial charge in [-0.05, 0) is 31.6 Å². The summed E-state index contributed by atoms with van der Waals surface area (Å²) in [4.78, 5) is 26.6. The highest BCUT2D eigenvalue weighted by Crippen LogP contribution is 2.23. The van der Waals surface area contributed by atoms with Gasteiger partial charge in [-0.2, -0.15) is 0 Å². The van der Waals surface area contributed by atoms with Crippen LogP contribution in [-0.2, 0) is 9.59 Å². The Labute approximate surface area is 135 Å². The molecule has 0 saturated carbocycles. The molecule has 0 aromatic carbocycles. The summed E-state index contributed by atoms with van der Waals surface area (Å²) in [5.74, 6) is -0.0708. The second kappa shape index (κ2) is 7.95. The molecule has 1 rings (SSSR count). The number of piperidine rings is 1. The lowest BCUT2D eigenvalue weighted by molar-refractivity contribution is -0.138. The minimum atomic E-state index is -0.520.